The summed E-state index contributed by atoms with van der Waals surface area (Å²) < 4.78 is 0. The lowest BCUT2D eigenvalue weighted by molar-refractivity contribution is 1.45. The van der Waals surface area contributed by atoms with Crippen LogP contribution in [0.2, 0.25) is 0 Å². The Balaban J connectivity index is 0.000000791. The van der Waals surface area contributed by atoms with Crippen molar-refractivity contribution >= 4 is 5.57 Å². The van der Waals surface area contributed by atoms with Crippen LogP contribution in [0.4, 0.5) is 0 Å². The quantitative estimate of drug-likeness (QED) is 0.580. The maximum Gasteiger partial charge on any atom is 0.0245 e. The van der Waals surface area contributed by atoms with E-state index in [2.05, 4.69) is 37.5 Å². The Morgan fingerprint density at radius 2 is 1.93 bits per heavy atom. The zero-order chi connectivity index (χ0) is 11.0. The van der Waals surface area contributed by atoms with E-state index >= 15 is 0 Å². The van der Waals surface area contributed by atoms with Crippen LogP contribution in [-0.4, -0.2) is 0 Å². The van der Waals surface area contributed by atoms with Crippen LogP contribution >= 0.6 is 0 Å². The molecule has 74 valence electrons. The Labute approximate surface area is 87.7 Å². The molecule has 0 heteroatoms. The normalized spacial score (nSPS) is 7.71. The summed E-state index contributed by atoms with van der Waals surface area (Å²) in [6.45, 7) is 11.8. The molecule has 0 radical (unpaired) electrons. The van der Waals surface area contributed by atoms with Gasteiger partial charge in [-0.25, -0.2) is 0 Å². The fourth-order valence-electron chi connectivity index (χ4n) is 1.06. The molecule has 0 aliphatic rings. The lowest BCUT2D eigenvalue weighted by Gasteiger charge is -1.98. The Hall–Kier alpha value is -1.48. The minimum Gasteiger partial charge on any atom is -0.101 e. The van der Waals surface area contributed by atoms with Gasteiger partial charge in [-0.2, -0.15) is 0 Å². The summed E-state index contributed by atoms with van der Waals surface area (Å²) in [7, 11) is 0. The molecule has 0 bridgehead atoms. The van der Waals surface area contributed by atoms with Gasteiger partial charge in [0.15, 0.2) is 0 Å². The molecule has 0 spiro atoms. The number of hydrogen-bond donors (Lipinski definition) is 0. The molecule has 0 heterocycles. The van der Waals surface area contributed by atoms with Gasteiger partial charge < -0.3 is 0 Å². The van der Waals surface area contributed by atoms with Crippen LogP contribution in [0.1, 0.15) is 31.9 Å². The Morgan fingerprint density at radius 3 is 2.43 bits per heavy atom. The van der Waals surface area contributed by atoms with Crippen molar-refractivity contribution in [2.24, 2.45) is 0 Å². The van der Waals surface area contributed by atoms with Crippen molar-refractivity contribution in [2.45, 2.75) is 27.7 Å². The maximum absolute atomic E-state index is 3.88. The van der Waals surface area contributed by atoms with Gasteiger partial charge in [0.25, 0.3) is 0 Å². The molecule has 0 atom stereocenters. The zero-order valence-electron chi connectivity index (χ0n) is 9.52. The van der Waals surface area contributed by atoms with Crippen molar-refractivity contribution in [1.29, 1.82) is 0 Å². The minimum absolute atomic E-state index is 0.890. The molecule has 0 saturated heterocycles. The Morgan fingerprint density at radius 1 is 1.29 bits per heavy atom. The molecule has 1 rings (SSSR count). The number of rotatable bonds is 1. The second-order valence-corrected chi connectivity index (χ2v) is 2.72. The van der Waals surface area contributed by atoms with Gasteiger partial charge in [-0.1, -0.05) is 56.2 Å². The van der Waals surface area contributed by atoms with Crippen LogP contribution in [0.5, 0.6) is 0 Å². The van der Waals surface area contributed by atoms with Gasteiger partial charge in [-0.05, 0) is 19.4 Å². The summed E-state index contributed by atoms with van der Waals surface area (Å²) in [5.41, 5.74) is 3.25. The average molecular weight is 186 g/mol. The highest BCUT2D eigenvalue weighted by atomic mass is 14.0. The van der Waals surface area contributed by atoms with Gasteiger partial charge in [-0.15, -0.1) is 5.92 Å². The van der Waals surface area contributed by atoms with Gasteiger partial charge in [-0.3, -0.25) is 0 Å². The van der Waals surface area contributed by atoms with Gasteiger partial charge >= 0.3 is 0 Å². The topological polar surface area (TPSA) is 0 Å². The third-order valence-electron chi connectivity index (χ3n) is 1.64. The number of benzene rings is 1. The van der Waals surface area contributed by atoms with Crippen molar-refractivity contribution in [3.8, 4) is 11.8 Å². The van der Waals surface area contributed by atoms with E-state index in [1.165, 1.54) is 5.56 Å². The predicted octanol–water partition coefficient (Wildman–Crippen LogP) is 4.06. The third kappa shape index (κ3) is 3.96. The SMILES string of the molecule is C=C(C#CC)c1cccc(C)c1.CC. The van der Waals surface area contributed by atoms with Crippen LogP contribution in [0.15, 0.2) is 30.8 Å². The highest BCUT2D eigenvalue weighted by Gasteiger charge is 1.93. The summed E-state index contributed by atoms with van der Waals surface area (Å²) >= 11 is 0. The van der Waals surface area contributed by atoms with Gasteiger partial charge in [0.2, 0.25) is 0 Å². The van der Waals surface area contributed by atoms with Crippen LogP contribution in [-0.2, 0) is 0 Å². The molecule has 1 aromatic rings. The molecule has 0 N–H and O–H groups in total. The third-order valence-corrected chi connectivity index (χ3v) is 1.64. The van der Waals surface area contributed by atoms with E-state index in [1.807, 2.05) is 32.9 Å². The molecule has 0 amide bonds. The van der Waals surface area contributed by atoms with E-state index < -0.39 is 0 Å². The summed E-state index contributed by atoms with van der Waals surface area (Å²) in [5.74, 6) is 5.78. The largest absolute Gasteiger partial charge is 0.101 e. The fourth-order valence-corrected chi connectivity index (χ4v) is 1.06. The molecule has 1 aromatic carbocycles. The van der Waals surface area contributed by atoms with Crippen LogP contribution in [0.25, 0.3) is 5.57 Å². The van der Waals surface area contributed by atoms with Gasteiger partial charge in [0.1, 0.15) is 0 Å². The van der Waals surface area contributed by atoms with Crippen LogP contribution < -0.4 is 0 Å². The summed E-state index contributed by atoms with van der Waals surface area (Å²) in [6.07, 6.45) is 0. The molecular formula is C14H18. The van der Waals surface area contributed by atoms with Gasteiger partial charge in [0.05, 0.1) is 0 Å². The molecule has 0 aliphatic heterocycles. The van der Waals surface area contributed by atoms with Crippen LogP contribution in [0.3, 0.4) is 0 Å². The molecule has 0 aromatic heterocycles. The first-order valence-corrected chi connectivity index (χ1v) is 4.92. The van der Waals surface area contributed by atoms with E-state index in [9.17, 15) is 0 Å². The molecule has 0 unspecified atom stereocenters. The Bertz CT molecular complexity index is 348. The lowest BCUT2D eigenvalue weighted by Crippen LogP contribution is -1.80. The van der Waals surface area contributed by atoms with Crippen molar-refractivity contribution in [2.75, 3.05) is 0 Å². The number of allylic oxidation sites excluding steroid dienone is 1. The lowest BCUT2D eigenvalue weighted by atomic mass is 10.1. The first kappa shape index (κ1) is 12.5. The Kier molecular flexibility index (Phi) is 6.24. The van der Waals surface area contributed by atoms with Crippen molar-refractivity contribution < 1.29 is 0 Å². The molecule has 0 fully saturated rings. The van der Waals surface area contributed by atoms with Gasteiger partial charge in [0, 0.05) is 5.57 Å². The smallest absolute Gasteiger partial charge is 0.0245 e. The number of aryl methyl sites for hydroxylation is 1. The summed E-state index contributed by atoms with van der Waals surface area (Å²) in [5, 5.41) is 0. The first-order valence-electron chi connectivity index (χ1n) is 4.92. The predicted molar refractivity (Wildman–Crippen MR) is 65.0 cm³/mol. The molecular weight excluding hydrogens is 168 g/mol. The second-order valence-electron chi connectivity index (χ2n) is 2.72. The van der Waals surface area contributed by atoms with E-state index in [0.29, 0.717) is 0 Å². The molecule has 0 aliphatic carbocycles. The second kappa shape index (κ2) is 6.97. The minimum atomic E-state index is 0.890. The van der Waals surface area contributed by atoms with E-state index in [0.717, 1.165) is 11.1 Å². The van der Waals surface area contributed by atoms with E-state index in [1.54, 1.807) is 0 Å². The zero-order valence-corrected chi connectivity index (χ0v) is 9.52. The molecule has 14 heavy (non-hydrogen) atoms. The summed E-state index contributed by atoms with van der Waals surface area (Å²) in [6, 6.07) is 8.20. The first-order chi connectivity index (χ1) is 6.74. The molecule has 0 nitrogen and oxygen atoms in total. The van der Waals surface area contributed by atoms with Crippen molar-refractivity contribution in [1.82, 2.24) is 0 Å². The average Bonchev–Trinajstić information content (AvgIpc) is 2.21. The van der Waals surface area contributed by atoms with Crippen molar-refractivity contribution in [3.05, 3.63) is 42.0 Å². The van der Waals surface area contributed by atoms with Crippen LogP contribution in [0, 0.1) is 18.8 Å². The monoisotopic (exact) mass is 186 g/mol. The maximum atomic E-state index is 3.88. The standard InChI is InChI=1S/C12H12.C2H6/c1-4-6-11(3)12-8-5-7-10(2)9-12;1-2/h5,7-9H,3H2,1-2H3;1-2H3. The van der Waals surface area contributed by atoms with Crippen molar-refractivity contribution in [3.63, 3.8) is 0 Å². The van der Waals surface area contributed by atoms with E-state index in [4.69, 9.17) is 0 Å². The number of hydrogen-bond acceptors (Lipinski definition) is 0. The summed E-state index contributed by atoms with van der Waals surface area (Å²) in [4.78, 5) is 0. The van der Waals surface area contributed by atoms with E-state index in [-0.39, 0.29) is 0 Å². The molecule has 0 saturated carbocycles. The fraction of sp³-hybridized carbons (Fsp3) is 0.286. The highest BCUT2D eigenvalue weighted by molar-refractivity contribution is 5.76. The highest BCUT2D eigenvalue weighted by Crippen LogP contribution is 2.12.